The van der Waals surface area contributed by atoms with Crippen molar-refractivity contribution in [3.8, 4) is 0 Å². The van der Waals surface area contributed by atoms with Crippen LogP contribution in [0.15, 0.2) is 6.07 Å². The molecule has 0 radical (unpaired) electrons. The molecule has 2 rings (SSSR count). The van der Waals surface area contributed by atoms with Crippen molar-refractivity contribution in [3.05, 3.63) is 28.6 Å². The van der Waals surface area contributed by atoms with E-state index in [-0.39, 0.29) is 18.0 Å². The third-order valence-electron chi connectivity index (χ3n) is 3.07. The van der Waals surface area contributed by atoms with Crippen LogP contribution in [-0.4, -0.2) is 16.6 Å². The van der Waals surface area contributed by atoms with Crippen molar-refractivity contribution in [2.45, 2.75) is 34.1 Å². The van der Waals surface area contributed by atoms with E-state index in [1.54, 1.807) is 13.0 Å². The minimum atomic E-state index is -0.579. The number of pyridine rings is 1. The van der Waals surface area contributed by atoms with Crippen LogP contribution in [0.5, 0.6) is 0 Å². The lowest BCUT2D eigenvalue weighted by atomic mass is 9.72. The van der Waals surface area contributed by atoms with E-state index in [2.05, 4.69) is 4.98 Å². The first-order valence-electron chi connectivity index (χ1n) is 5.39. The van der Waals surface area contributed by atoms with Gasteiger partial charge in [-0.3, -0.25) is 14.6 Å². The van der Waals surface area contributed by atoms with Crippen LogP contribution in [0.4, 0.5) is 0 Å². The minimum Gasteiger partial charge on any atom is -0.294 e. The molecule has 3 nitrogen and oxygen atoms in total. The number of aromatic nitrogens is 1. The average molecular weight is 217 g/mol. The van der Waals surface area contributed by atoms with Gasteiger partial charge in [0.15, 0.2) is 11.6 Å². The highest BCUT2D eigenvalue weighted by atomic mass is 16.1. The second-order valence-corrected chi connectivity index (χ2v) is 5.08. The molecular weight excluding hydrogens is 202 g/mol. The van der Waals surface area contributed by atoms with E-state index in [0.717, 1.165) is 5.69 Å². The van der Waals surface area contributed by atoms with E-state index >= 15 is 0 Å². The first kappa shape index (κ1) is 11.0. The largest absolute Gasteiger partial charge is 0.294 e. The summed E-state index contributed by atoms with van der Waals surface area (Å²) in [6.45, 7) is 7.27. The first-order valence-corrected chi connectivity index (χ1v) is 5.39. The topological polar surface area (TPSA) is 47.0 Å². The normalized spacial score (nSPS) is 18.5. The molecule has 3 heteroatoms. The first-order chi connectivity index (χ1) is 7.33. The highest BCUT2D eigenvalue weighted by Crippen LogP contribution is 2.35. The standard InChI is InChI=1S/C13H15NO2/c1-7-5-9-11(8(2)14-7)10(15)6-13(3,4)12(9)16/h5H,6H2,1-4H3. The number of carbonyl (C=O) groups excluding carboxylic acids is 2. The van der Waals surface area contributed by atoms with Gasteiger partial charge in [0, 0.05) is 34.4 Å². The monoisotopic (exact) mass is 217 g/mol. The Balaban J connectivity index is 2.74. The van der Waals surface area contributed by atoms with Gasteiger partial charge in [-0.1, -0.05) is 13.8 Å². The fourth-order valence-electron chi connectivity index (χ4n) is 2.29. The van der Waals surface area contributed by atoms with E-state index in [0.29, 0.717) is 16.8 Å². The Kier molecular flexibility index (Phi) is 2.22. The Morgan fingerprint density at radius 3 is 2.50 bits per heavy atom. The number of rotatable bonds is 0. The van der Waals surface area contributed by atoms with Gasteiger partial charge in [0.2, 0.25) is 0 Å². The third-order valence-corrected chi connectivity index (χ3v) is 3.07. The molecule has 84 valence electrons. The van der Waals surface area contributed by atoms with E-state index in [1.807, 2.05) is 20.8 Å². The van der Waals surface area contributed by atoms with Gasteiger partial charge in [0.25, 0.3) is 0 Å². The number of fused-ring (bicyclic) bond motifs is 1. The Morgan fingerprint density at radius 1 is 1.25 bits per heavy atom. The van der Waals surface area contributed by atoms with Crippen LogP contribution in [0, 0.1) is 19.3 Å². The molecule has 0 saturated carbocycles. The predicted octanol–water partition coefficient (Wildman–Crippen LogP) is 2.49. The molecule has 16 heavy (non-hydrogen) atoms. The second-order valence-electron chi connectivity index (χ2n) is 5.08. The van der Waals surface area contributed by atoms with E-state index < -0.39 is 5.41 Å². The molecule has 0 fully saturated rings. The molecule has 1 aliphatic rings. The maximum absolute atomic E-state index is 12.2. The minimum absolute atomic E-state index is 0.0320. The van der Waals surface area contributed by atoms with Gasteiger partial charge in [0.1, 0.15) is 0 Å². The Hall–Kier alpha value is -1.51. The number of nitrogens with zero attached hydrogens (tertiary/aromatic N) is 1. The SMILES string of the molecule is Cc1cc2c(c(C)n1)C(=O)CC(C)(C)C2=O. The van der Waals surface area contributed by atoms with Crippen molar-refractivity contribution in [3.63, 3.8) is 0 Å². The molecule has 0 bridgehead atoms. The molecule has 0 atom stereocenters. The molecule has 0 aliphatic heterocycles. The highest BCUT2D eigenvalue weighted by molar-refractivity contribution is 6.16. The van der Waals surface area contributed by atoms with Crippen LogP contribution in [0.1, 0.15) is 52.4 Å². The van der Waals surface area contributed by atoms with Gasteiger partial charge < -0.3 is 0 Å². The molecule has 0 spiro atoms. The molecule has 0 amide bonds. The lowest BCUT2D eigenvalue weighted by Crippen LogP contribution is -2.34. The van der Waals surface area contributed by atoms with E-state index in [4.69, 9.17) is 0 Å². The zero-order valence-corrected chi connectivity index (χ0v) is 10.0. The van der Waals surface area contributed by atoms with Crippen molar-refractivity contribution < 1.29 is 9.59 Å². The summed E-state index contributed by atoms with van der Waals surface area (Å²) in [7, 11) is 0. The molecule has 0 unspecified atom stereocenters. The summed E-state index contributed by atoms with van der Waals surface area (Å²) in [5.41, 5.74) is 1.95. The Labute approximate surface area is 94.9 Å². The van der Waals surface area contributed by atoms with E-state index in [9.17, 15) is 9.59 Å². The molecule has 1 aromatic rings. The van der Waals surface area contributed by atoms with Crippen molar-refractivity contribution in [1.29, 1.82) is 0 Å². The zero-order chi connectivity index (χ0) is 12.1. The third kappa shape index (κ3) is 1.47. The summed E-state index contributed by atoms with van der Waals surface area (Å²) in [6, 6.07) is 1.73. The molecule has 1 aromatic heterocycles. The fraction of sp³-hybridized carbons (Fsp3) is 0.462. The average Bonchev–Trinajstić information content (AvgIpc) is 2.12. The smallest absolute Gasteiger partial charge is 0.169 e. The lowest BCUT2D eigenvalue weighted by molar-refractivity contribution is 0.0737. The molecule has 1 aliphatic carbocycles. The van der Waals surface area contributed by atoms with Crippen molar-refractivity contribution in [2.75, 3.05) is 0 Å². The Bertz CT molecular complexity index is 501. The maximum atomic E-state index is 12.2. The number of aryl methyl sites for hydroxylation is 2. The van der Waals surface area contributed by atoms with Crippen LogP contribution in [0.3, 0.4) is 0 Å². The number of carbonyl (C=O) groups is 2. The number of ketones is 2. The summed E-state index contributed by atoms with van der Waals surface area (Å²) in [5.74, 6) is 0.0836. The summed E-state index contributed by atoms with van der Waals surface area (Å²) >= 11 is 0. The van der Waals surface area contributed by atoms with Gasteiger partial charge in [-0.15, -0.1) is 0 Å². The molecule has 0 N–H and O–H groups in total. The van der Waals surface area contributed by atoms with Crippen LogP contribution < -0.4 is 0 Å². The molecule has 0 aromatic carbocycles. The predicted molar refractivity (Wildman–Crippen MR) is 60.8 cm³/mol. The second kappa shape index (κ2) is 3.24. The van der Waals surface area contributed by atoms with E-state index in [1.165, 1.54) is 0 Å². The summed E-state index contributed by atoms with van der Waals surface area (Å²) < 4.78 is 0. The van der Waals surface area contributed by atoms with Gasteiger partial charge in [-0.25, -0.2) is 0 Å². The van der Waals surface area contributed by atoms with Crippen LogP contribution in [0.2, 0.25) is 0 Å². The maximum Gasteiger partial charge on any atom is 0.169 e. The zero-order valence-electron chi connectivity index (χ0n) is 10.0. The number of Topliss-reactive ketones (excluding diaryl/α,β-unsaturated/α-hetero) is 2. The highest BCUT2D eigenvalue weighted by Gasteiger charge is 2.39. The quantitative estimate of drug-likeness (QED) is 0.670. The summed E-state index contributed by atoms with van der Waals surface area (Å²) in [4.78, 5) is 28.4. The van der Waals surface area contributed by atoms with Gasteiger partial charge in [-0.2, -0.15) is 0 Å². The van der Waals surface area contributed by atoms with Crippen molar-refractivity contribution in [2.24, 2.45) is 5.41 Å². The van der Waals surface area contributed by atoms with Crippen molar-refractivity contribution in [1.82, 2.24) is 4.98 Å². The van der Waals surface area contributed by atoms with Crippen LogP contribution in [-0.2, 0) is 0 Å². The summed E-state index contributed by atoms with van der Waals surface area (Å²) in [5, 5.41) is 0. The van der Waals surface area contributed by atoms with Crippen LogP contribution >= 0.6 is 0 Å². The number of hydrogen-bond acceptors (Lipinski definition) is 3. The van der Waals surface area contributed by atoms with Crippen molar-refractivity contribution >= 4 is 11.6 Å². The van der Waals surface area contributed by atoms with Gasteiger partial charge >= 0.3 is 0 Å². The Morgan fingerprint density at radius 2 is 1.88 bits per heavy atom. The van der Waals surface area contributed by atoms with Gasteiger partial charge in [-0.05, 0) is 19.9 Å². The van der Waals surface area contributed by atoms with Crippen LogP contribution in [0.25, 0.3) is 0 Å². The molecule has 0 saturated heterocycles. The van der Waals surface area contributed by atoms with Gasteiger partial charge in [0.05, 0.1) is 0 Å². The fourth-order valence-corrected chi connectivity index (χ4v) is 2.29. The molecular formula is C13H15NO2. The lowest BCUT2D eigenvalue weighted by Gasteiger charge is -2.29. The summed E-state index contributed by atoms with van der Waals surface area (Å²) in [6.07, 6.45) is 0.282. The number of hydrogen-bond donors (Lipinski definition) is 0. The molecule has 1 heterocycles.